The van der Waals surface area contributed by atoms with Crippen LogP contribution < -0.4 is 10.7 Å². The van der Waals surface area contributed by atoms with Crippen LogP contribution >= 0.6 is 11.3 Å². The van der Waals surface area contributed by atoms with E-state index in [4.69, 9.17) is 14.5 Å². The lowest BCUT2D eigenvalue weighted by atomic mass is 9.84. The predicted molar refractivity (Wildman–Crippen MR) is 246 cm³/mol. The number of rotatable bonds is 10. The van der Waals surface area contributed by atoms with E-state index in [2.05, 4.69) is 22.3 Å². The van der Waals surface area contributed by atoms with Crippen LogP contribution in [0, 0.1) is 17.3 Å². The molecule has 2 fully saturated rings. The fourth-order valence-corrected chi connectivity index (χ4v) is 10.3. The third kappa shape index (κ3) is 10.7. The molecule has 6 bridgehead atoms. The molecule has 19 heteroatoms. The third-order valence-corrected chi connectivity index (χ3v) is 13.7. The minimum atomic E-state index is -4.59. The zero-order valence-electron chi connectivity index (χ0n) is 38.9. The first-order chi connectivity index (χ1) is 31.7. The highest BCUT2D eigenvalue weighted by atomic mass is 32.1. The topological polar surface area (TPSA) is 168 Å². The Hall–Kier alpha value is -5.66. The molecule has 7 rings (SSSR count). The van der Waals surface area contributed by atoms with Gasteiger partial charge in [-0.2, -0.15) is 13.2 Å². The summed E-state index contributed by atoms with van der Waals surface area (Å²) >= 11 is 1.26. The number of nitrogens with one attached hydrogen (secondary N) is 2. The summed E-state index contributed by atoms with van der Waals surface area (Å²) in [6.07, 6.45) is -0.992. The van der Waals surface area contributed by atoms with Gasteiger partial charge in [-0.25, -0.2) is 10.4 Å². The van der Waals surface area contributed by atoms with Crippen LogP contribution in [0.15, 0.2) is 54.6 Å². The second-order valence-electron chi connectivity index (χ2n) is 18.8. The number of amides is 4. The van der Waals surface area contributed by atoms with E-state index in [1.54, 1.807) is 68.6 Å². The summed E-state index contributed by atoms with van der Waals surface area (Å²) in [6.45, 7) is 12.1. The number of aromatic nitrogens is 3. The quantitative estimate of drug-likeness (QED) is 0.137. The SMILES string of the molecule is C=CC(=O)N1CC[C@H](C(=O)N(C)[C@H](C(=O)N[C@H]2Cc3nc(cs3)-c3ccc4c(c3)c(c(-c3cccnc3[C@H](C)OC)n4CC(F)(F)F)CC(C)(C)COC(=O)[C@@H]3CCCN(N3)C2=O)C(C)C)C1. The number of methoxy groups -OCH3 is 1. The highest BCUT2D eigenvalue weighted by Crippen LogP contribution is 2.43. The van der Waals surface area contributed by atoms with Gasteiger partial charge in [-0.1, -0.05) is 40.3 Å². The predicted octanol–water partition coefficient (Wildman–Crippen LogP) is 6.26. The van der Waals surface area contributed by atoms with Crippen molar-refractivity contribution in [2.24, 2.45) is 17.3 Å². The van der Waals surface area contributed by atoms with E-state index >= 15 is 0 Å². The monoisotopic (exact) mass is 948 g/mol. The second-order valence-corrected chi connectivity index (χ2v) is 19.8. The van der Waals surface area contributed by atoms with E-state index < -0.39 is 66.1 Å². The molecule has 2 saturated heterocycles. The Morgan fingerprint density at radius 2 is 1.91 bits per heavy atom. The summed E-state index contributed by atoms with van der Waals surface area (Å²) in [4.78, 5) is 81.4. The van der Waals surface area contributed by atoms with Crippen molar-refractivity contribution in [2.45, 2.75) is 104 Å². The first-order valence-corrected chi connectivity index (χ1v) is 23.5. The van der Waals surface area contributed by atoms with Gasteiger partial charge in [-0.05, 0) is 74.4 Å². The molecule has 67 heavy (non-hydrogen) atoms. The Labute approximate surface area is 392 Å². The number of fused-ring (bicyclic) bond motifs is 6. The lowest BCUT2D eigenvalue weighted by Gasteiger charge is -2.36. The number of esters is 1. The molecule has 360 valence electrons. The maximum absolute atomic E-state index is 14.6. The molecule has 0 radical (unpaired) electrons. The summed E-state index contributed by atoms with van der Waals surface area (Å²) < 4.78 is 56.8. The zero-order chi connectivity index (χ0) is 48.5. The molecule has 0 saturated carbocycles. The van der Waals surface area contributed by atoms with Crippen LogP contribution in [0.5, 0.6) is 0 Å². The second kappa shape index (κ2) is 19.9. The van der Waals surface area contributed by atoms with E-state index in [-0.39, 0.29) is 50.3 Å². The van der Waals surface area contributed by atoms with Crippen molar-refractivity contribution in [3.05, 3.63) is 70.8 Å². The van der Waals surface area contributed by atoms with Crippen molar-refractivity contribution in [3.8, 4) is 22.5 Å². The molecule has 2 N–H and O–H groups in total. The van der Waals surface area contributed by atoms with Gasteiger partial charge in [-0.15, -0.1) is 11.3 Å². The van der Waals surface area contributed by atoms with Crippen LogP contribution in [0.3, 0.4) is 0 Å². The van der Waals surface area contributed by atoms with Crippen molar-refractivity contribution in [1.82, 2.24) is 40.1 Å². The van der Waals surface area contributed by atoms with E-state index in [0.717, 1.165) is 0 Å². The molecule has 1 aromatic carbocycles. The molecule has 3 aliphatic heterocycles. The number of halogens is 3. The molecule has 0 spiro atoms. The van der Waals surface area contributed by atoms with Gasteiger partial charge in [0.05, 0.1) is 40.7 Å². The zero-order valence-corrected chi connectivity index (χ0v) is 39.8. The van der Waals surface area contributed by atoms with Crippen LogP contribution in [0.2, 0.25) is 0 Å². The van der Waals surface area contributed by atoms with Crippen molar-refractivity contribution in [2.75, 3.05) is 40.4 Å². The number of benzene rings is 1. The smallest absolute Gasteiger partial charge is 0.406 e. The minimum Gasteiger partial charge on any atom is -0.464 e. The molecule has 6 heterocycles. The van der Waals surface area contributed by atoms with Gasteiger partial charge < -0.3 is 29.2 Å². The first-order valence-electron chi connectivity index (χ1n) is 22.6. The molecule has 5 atom stereocenters. The molecule has 3 aliphatic rings. The number of pyridine rings is 1. The van der Waals surface area contributed by atoms with Crippen molar-refractivity contribution in [1.29, 1.82) is 0 Å². The molecule has 4 amide bonds. The third-order valence-electron chi connectivity index (χ3n) is 12.9. The van der Waals surface area contributed by atoms with E-state index in [1.165, 1.54) is 39.0 Å². The standard InChI is InChI=1S/C48H59F3N8O7S/c1-9-39(60)57-19-16-30(23-57)44(62)56(7)41(27(2)3)43(61)54-35-21-38-53-36(24-67-38)29-14-15-37-32(20-29)33(22-47(5,6)26-66-46(64)34-13-11-18-59(55-34)45(35)63)42(58(37)25-48(49,50)51)31-12-10-17-52-40(31)28(4)65-8/h9-10,12,14-15,17,20,24,27-28,30,34-35,41,55H,1,11,13,16,18-19,21-23,25-26H2,2-8H3,(H,54,61)/t28-,30-,34-,35-,41-/m0/s1. The van der Waals surface area contributed by atoms with E-state index in [0.29, 0.717) is 75.5 Å². The summed E-state index contributed by atoms with van der Waals surface area (Å²) in [5, 5.41) is 7.10. The molecule has 0 unspecified atom stereocenters. The van der Waals surface area contributed by atoms with Crippen molar-refractivity contribution in [3.63, 3.8) is 0 Å². The van der Waals surface area contributed by atoms with Gasteiger partial charge in [-0.3, -0.25) is 34.0 Å². The van der Waals surface area contributed by atoms with Crippen LogP contribution in [0.25, 0.3) is 33.4 Å². The average molecular weight is 949 g/mol. The number of thiazole rings is 1. The molecule has 0 aliphatic carbocycles. The minimum absolute atomic E-state index is 0.0540. The summed E-state index contributed by atoms with van der Waals surface area (Å²) in [6, 6.07) is 5.52. The van der Waals surface area contributed by atoms with Crippen molar-refractivity contribution >= 4 is 51.8 Å². The number of ether oxygens (including phenoxy) is 2. The number of carbonyl (C=O) groups excluding carboxylic acids is 5. The Morgan fingerprint density at radius 1 is 1.15 bits per heavy atom. The first kappa shape index (κ1) is 49.3. The van der Waals surface area contributed by atoms with Crippen LogP contribution in [-0.2, 0) is 52.8 Å². The van der Waals surface area contributed by atoms with Gasteiger partial charge in [0.25, 0.3) is 5.91 Å². The van der Waals surface area contributed by atoms with Crippen LogP contribution in [0.1, 0.15) is 76.3 Å². The van der Waals surface area contributed by atoms with Gasteiger partial charge in [0.15, 0.2) is 0 Å². The number of cyclic esters (lactones) is 1. The van der Waals surface area contributed by atoms with Crippen LogP contribution in [-0.4, -0.2) is 124 Å². The number of hydrogen-bond acceptors (Lipinski definition) is 11. The molecular weight excluding hydrogens is 890 g/mol. The lowest BCUT2D eigenvalue weighted by molar-refractivity contribution is -0.155. The number of alkyl halides is 3. The molecule has 15 nitrogen and oxygen atoms in total. The maximum atomic E-state index is 14.6. The fraction of sp³-hybridized carbons (Fsp3) is 0.521. The molecular formula is C48H59F3N8O7S. The summed E-state index contributed by atoms with van der Waals surface area (Å²) in [7, 11) is 3.06. The van der Waals surface area contributed by atoms with Crippen molar-refractivity contribution < 1.29 is 46.6 Å². The number of carbonyl (C=O) groups is 5. The number of likely N-dealkylation sites (tertiary alicyclic amines) is 1. The van der Waals surface area contributed by atoms with Gasteiger partial charge in [0.2, 0.25) is 17.7 Å². The van der Waals surface area contributed by atoms with Crippen LogP contribution in [0.4, 0.5) is 13.2 Å². The Kier molecular flexibility index (Phi) is 14.6. The lowest BCUT2D eigenvalue weighted by Crippen LogP contribution is -2.62. The normalized spacial score (nSPS) is 21.1. The number of nitrogens with zero attached hydrogens (tertiary/aromatic N) is 6. The van der Waals surface area contributed by atoms with Gasteiger partial charge >= 0.3 is 12.1 Å². The average Bonchev–Trinajstić information content (AvgIpc) is 4.05. The number of hydrazine groups is 1. The van der Waals surface area contributed by atoms with Gasteiger partial charge in [0.1, 0.15) is 24.7 Å². The fourth-order valence-electron chi connectivity index (χ4n) is 9.48. The Balaban J connectivity index is 1.30. The Bertz CT molecular complexity index is 2540. The summed E-state index contributed by atoms with van der Waals surface area (Å²) in [5.74, 6) is -3.17. The number of likely N-dealkylation sites (N-methyl/N-ethyl adjacent to an activating group) is 1. The van der Waals surface area contributed by atoms with E-state index in [9.17, 15) is 37.1 Å². The number of hydrogen-bond donors (Lipinski definition) is 2. The molecule has 3 aromatic heterocycles. The maximum Gasteiger partial charge on any atom is 0.406 e. The summed E-state index contributed by atoms with van der Waals surface area (Å²) in [5.41, 5.74) is 5.56. The largest absolute Gasteiger partial charge is 0.464 e. The molecule has 4 aromatic rings. The highest BCUT2D eigenvalue weighted by molar-refractivity contribution is 7.10. The van der Waals surface area contributed by atoms with E-state index in [1.807, 2.05) is 19.9 Å². The van der Waals surface area contributed by atoms with Gasteiger partial charge in [0, 0.05) is 79.2 Å². The highest BCUT2D eigenvalue weighted by Gasteiger charge is 2.41. The Morgan fingerprint density at radius 3 is 2.61 bits per heavy atom.